The van der Waals surface area contributed by atoms with Crippen LogP contribution in [0, 0.1) is 0 Å². The quantitative estimate of drug-likeness (QED) is 0.738. The molecular weight excluding hydrogens is 370 g/mol. The molecule has 27 heavy (non-hydrogen) atoms. The molecule has 0 radical (unpaired) electrons. The molecular formula is C20H24ClNO5. The fourth-order valence-corrected chi connectivity index (χ4v) is 2.60. The number of hydrogen-bond donors (Lipinski definition) is 1. The van der Waals surface area contributed by atoms with Gasteiger partial charge in [-0.3, -0.25) is 4.79 Å². The third-order valence-electron chi connectivity index (χ3n) is 3.91. The van der Waals surface area contributed by atoms with E-state index in [1.54, 1.807) is 71.6 Å². The molecule has 146 valence electrons. The van der Waals surface area contributed by atoms with Crippen LogP contribution in [0.15, 0.2) is 36.4 Å². The number of hydrogen-bond acceptors (Lipinski definition) is 5. The third kappa shape index (κ3) is 5.20. The largest absolute Gasteiger partial charge is 0.493 e. The highest BCUT2D eigenvalue weighted by molar-refractivity contribution is 6.30. The van der Waals surface area contributed by atoms with E-state index in [-0.39, 0.29) is 12.5 Å². The minimum Gasteiger partial charge on any atom is -0.493 e. The van der Waals surface area contributed by atoms with Crippen LogP contribution in [-0.2, 0) is 11.3 Å². The topological polar surface area (TPSA) is 66.0 Å². The third-order valence-corrected chi connectivity index (χ3v) is 4.16. The van der Waals surface area contributed by atoms with Crippen LogP contribution in [0.3, 0.4) is 0 Å². The van der Waals surface area contributed by atoms with Gasteiger partial charge in [0.1, 0.15) is 5.75 Å². The van der Waals surface area contributed by atoms with Crippen LogP contribution < -0.4 is 24.3 Å². The lowest BCUT2D eigenvalue weighted by Crippen LogP contribution is -2.46. The number of carbonyl (C=O) groups is 1. The summed E-state index contributed by atoms with van der Waals surface area (Å²) in [5.74, 6) is 1.86. The highest BCUT2D eigenvalue weighted by atomic mass is 35.5. The molecule has 0 aromatic heterocycles. The lowest BCUT2D eigenvalue weighted by atomic mass is 10.1. The van der Waals surface area contributed by atoms with E-state index in [2.05, 4.69) is 5.32 Å². The molecule has 2 rings (SSSR count). The first-order valence-corrected chi connectivity index (χ1v) is 8.70. The molecule has 0 aliphatic heterocycles. The Kier molecular flexibility index (Phi) is 6.80. The van der Waals surface area contributed by atoms with Gasteiger partial charge in [0.15, 0.2) is 17.1 Å². The Morgan fingerprint density at radius 1 is 1.00 bits per heavy atom. The first-order chi connectivity index (χ1) is 12.8. The Morgan fingerprint density at radius 3 is 2.04 bits per heavy atom. The molecule has 0 fully saturated rings. The van der Waals surface area contributed by atoms with Gasteiger partial charge in [0.05, 0.1) is 21.3 Å². The van der Waals surface area contributed by atoms with Gasteiger partial charge in [-0.05, 0) is 55.8 Å². The molecule has 0 aliphatic carbocycles. The van der Waals surface area contributed by atoms with E-state index in [1.807, 2.05) is 0 Å². The molecule has 2 aromatic rings. The zero-order valence-corrected chi connectivity index (χ0v) is 16.8. The molecule has 0 atom stereocenters. The molecule has 0 saturated carbocycles. The fraction of sp³-hybridized carbons (Fsp3) is 0.350. The molecule has 7 heteroatoms. The van der Waals surface area contributed by atoms with E-state index in [4.69, 9.17) is 30.5 Å². The van der Waals surface area contributed by atoms with Crippen molar-refractivity contribution in [2.45, 2.75) is 26.0 Å². The van der Waals surface area contributed by atoms with Crippen LogP contribution in [0.25, 0.3) is 0 Å². The molecule has 0 heterocycles. The predicted octanol–water partition coefficient (Wildman–Crippen LogP) is 3.84. The number of methoxy groups -OCH3 is 3. The Hall–Kier alpha value is -2.60. The first-order valence-electron chi connectivity index (χ1n) is 8.32. The minimum atomic E-state index is -1.06. The SMILES string of the molecule is COc1cc(CNC(=O)C(C)(C)Oc2ccc(Cl)cc2)cc(OC)c1OC. The van der Waals surface area contributed by atoms with Gasteiger partial charge in [-0.15, -0.1) is 0 Å². The van der Waals surface area contributed by atoms with E-state index in [1.165, 1.54) is 0 Å². The van der Waals surface area contributed by atoms with Crippen molar-refractivity contribution in [3.63, 3.8) is 0 Å². The Bertz CT molecular complexity index is 764. The molecule has 1 N–H and O–H groups in total. The van der Waals surface area contributed by atoms with Crippen LogP contribution in [-0.4, -0.2) is 32.8 Å². The summed E-state index contributed by atoms with van der Waals surface area (Å²) in [4.78, 5) is 12.6. The number of amides is 1. The van der Waals surface area contributed by atoms with Crippen molar-refractivity contribution in [2.75, 3.05) is 21.3 Å². The number of rotatable bonds is 8. The Morgan fingerprint density at radius 2 is 1.56 bits per heavy atom. The summed E-state index contributed by atoms with van der Waals surface area (Å²) in [5.41, 5.74) is -0.255. The van der Waals surface area contributed by atoms with Gasteiger partial charge in [-0.2, -0.15) is 0 Å². The van der Waals surface area contributed by atoms with E-state index in [0.29, 0.717) is 28.0 Å². The van der Waals surface area contributed by atoms with Crippen molar-refractivity contribution in [3.05, 3.63) is 47.0 Å². The second-order valence-electron chi connectivity index (χ2n) is 6.28. The van der Waals surface area contributed by atoms with Gasteiger partial charge in [-0.25, -0.2) is 0 Å². The zero-order valence-electron chi connectivity index (χ0n) is 16.1. The smallest absolute Gasteiger partial charge is 0.263 e. The van der Waals surface area contributed by atoms with Gasteiger partial charge in [0.2, 0.25) is 5.75 Å². The molecule has 0 unspecified atom stereocenters. The minimum absolute atomic E-state index is 0.258. The summed E-state index contributed by atoms with van der Waals surface area (Å²) in [7, 11) is 4.63. The Labute approximate surface area is 164 Å². The standard InChI is InChI=1S/C20H24ClNO5/c1-20(2,27-15-8-6-14(21)7-9-15)19(23)22-12-13-10-16(24-3)18(26-5)17(11-13)25-4/h6-11H,12H2,1-5H3,(H,22,23). The van der Waals surface area contributed by atoms with E-state index in [9.17, 15) is 4.79 Å². The second-order valence-corrected chi connectivity index (χ2v) is 6.72. The average Bonchev–Trinajstić information content (AvgIpc) is 2.66. The van der Waals surface area contributed by atoms with Crippen molar-refractivity contribution in [3.8, 4) is 23.0 Å². The van der Waals surface area contributed by atoms with Crippen LogP contribution >= 0.6 is 11.6 Å². The summed E-state index contributed by atoms with van der Waals surface area (Å²) < 4.78 is 21.8. The van der Waals surface area contributed by atoms with E-state index < -0.39 is 5.60 Å². The van der Waals surface area contributed by atoms with Crippen molar-refractivity contribution in [1.82, 2.24) is 5.32 Å². The fourth-order valence-electron chi connectivity index (χ4n) is 2.48. The van der Waals surface area contributed by atoms with Gasteiger partial charge < -0.3 is 24.3 Å². The summed E-state index contributed by atoms with van der Waals surface area (Å²) in [6, 6.07) is 10.4. The van der Waals surface area contributed by atoms with Crippen molar-refractivity contribution >= 4 is 17.5 Å². The molecule has 0 aliphatic rings. The maximum Gasteiger partial charge on any atom is 0.263 e. The summed E-state index contributed by atoms with van der Waals surface area (Å²) in [5, 5.41) is 3.47. The lowest BCUT2D eigenvalue weighted by molar-refractivity contribution is -0.134. The maximum atomic E-state index is 12.6. The van der Waals surface area contributed by atoms with E-state index in [0.717, 1.165) is 5.56 Å². The maximum absolute atomic E-state index is 12.6. The normalized spacial score (nSPS) is 10.9. The van der Waals surface area contributed by atoms with E-state index >= 15 is 0 Å². The van der Waals surface area contributed by atoms with Crippen molar-refractivity contribution in [1.29, 1.82) is 0 Å². The van der Waals surface area contributed by atoms with Gasteiger partial charge in [-0.1, -0.05) is 11.6 Å². The second kappa shape index (κ2) is 8.86. The van der Waals surface area contributed by atoms with Crippen LogP contribution in [0.2, 0.25) is 5.02 Å². The highest BCUT2D eigenvalue weighted by Gasteiger charge is 2.29. The highest BCUT2D eigenvalue weighted by Crippen LogP contribution is 2.38. The summed E-state index contributed by atoms with van der Waals surface area (Å²) >= 11 is 5.87. The number of halogens is 1. The Balaban J connectivity index is 2.08. The lowest BCUT2D eigenvalue weighted by Gasteiger charge is -2.25. The zero-order chi connectivity index (χ0) is 20.0. The molecule has 2 aromatic carbocycles. The van der Waals surface area contributed by atoms with Crippen LogP contribution in [0.4, 0.5) is 0 Å². The summed E-state index contributed by atoms with van der Waals surface area (Å²) in [6.45, 7) is 3.68. The van der Waals surface area contributed by atoms with Gasteiger partial charge in [0.25, 0.3) is 5.91 Å². The number of benzene rings is 2. The number of carbonyl (C=O) groups excluding carboxylic acids is 1. The van der Waals surface area contributed by atoms with Crippen molar-refractivity contribution < 1.29 is 23.7 Å². The van der Waals surface area contributed by atoms with Crippen LogP contribution in [0.1, 0.15) is 19.4 Å². The monoisotopic (exact) mass is 393 g/mol. The van der Waals surface area contributed by atoms with Crippen LogP contribution in [0.5, 0.6) is 23.0 Å². The molecule has 0 bridgehead atoms. The first kappa shape index (κ1) is 20.7. The van der Waals surface area contributed by atoms with Gasteiger partial charge in [0, 0.05) is 11.6 Å². The number of ether oxygens (including phenoxy) is 4. The molecule has 1 amide bonds. The van der Waals surface area contributed by atoms with Crippen molar-refractivity contribution in [2.24, 2.45) is 0 Å². The van der Waals surface area contributed by atoms with Gasteiger partial charge >= 0.3 is 0 Å². The number of nitrogens with one attached hydrogen (secondary N) is 1. The molecule has 0 saturated heterocycles. The predicted molar refractivity (Wildman–Crippen MR) is 104 cm³/mol. The molecule has 0 spiro atoms. The molecule has 6 nitrogen and oxygen atoms in total. The summed E-state index contributed by atoms with van der Waals surface area (Å²) in [6.07, 6.45) is 0. The average molecular weight is 394 g/mol.